The van der Waals surface area contributed by atoms with E-state index in [-0.39, 0.29) is 0 Å². The maximum atomic E-state index is 3.75. The molecule has 0 saturated carbocycles. The van der Waals surface area contributed by atoms with E-state index in [1.165, 1.54) is 49.9 Å². The van der Waals surface area contributed by atoms with Gasteiger partial charge in [0, 0.05) is 30.9 Å². The Kier molecular flexibility index (Phi) is 4.30. The van der Waals surface area contributed by atoms with Crippen molar-refractivity contribution in [3.8, 4) is 0 Å². The Labute approximate surface area is 123 Å². The number of anilines is 1. The zero-order chi connectivity index (χ0) is 13.9. The summed E-state index contributed by atoms with van der Waals surface area (Å²) in [6.45, 7) is 6.78. The van der Waals surface area contributed by atoms with Gasteiger partial charge in [0.2, 0.25) is 0 Å². The fourth-order valence-electron chi connectivity index (χ4n) is 4.04. The van der Waals surface area contributed by atoms with Crippen molar-refractivity contribution in [2.45, 2.75) is 58.0 Å². The monoisotopic (exact) mass is 272 g/mol. The number of hydrogen-bond donors (Lipinski definition) is 1. The van der Waals surface area contributed by atoms with Crippen molar-refractivity contribution in [2.24, 2.45) is 5.92 Å². The molecule has 0 amide bonds. The van der Waals surface area contributed by atoms with Crippen molar-refractivity contribution in [3.05, 3.63) is 29.8 Å². The van der Waals surface area contributed by atoms with E-state index in [1.54, 1.807) is 0 Å². The summed E-state index contributed by atoms with van der Waals surface area (Å²) in [6.07, 6.45) is 6.99. The number of fused-ring (bicyclic) bond motifs is 2. The molecule has 3 rings (SSSR count). The van der Waals surface area contributed by atoms with Gasteiger partial charge in [-0.1, -0.05) is 12.1 Å². The first-order chi connectivity index (χ1) is 9.74. The average molecular weight is 272 g/mol. The fraction of sp³-hybridized carbons (Fsp3) is 0.667. The Balaban J connectivity index is 1.56. The highest BCUT2D eigenvalue weighted by Gasteiger charge is 2.33. The minimum atomic E-state index is 0.827. The van der Waals surface area contributed by atoms with Crippen LogP contribution in [-0.4, -0.2) is 25.2 Å². The van der Waals surface area contributed by atoms with Crippen molar-refractivity contribution in [1.29, 1.82) is 0 Å². The lowest BCUT2D eigenvalue weighted by atomic mass is 9.89. The van der Waals surface area contributed by atoms with Crippen LogP contribution in [0.2, 0.25) is 0 Å². The summed E-state index contributed by atoms with van der Waals surface area (Å²) in [7, 11) is 0. The second-order valence-corrected chi connectivity index (χ2v) is 6.68. The van der Waals surface area contributed by atoms with Crippen LogP contribution in [0, 0.1) is 12.8 Å². The van der Waals surface area contributed by atoms with Gasteiger partial charge >= 0.3 is 0 Å². The van der Waals surface area contributed by atoms with Gasteiger partial charge in [0.25, 0.3) is 0 Å². The molecule has 0 aromatic heterocycles. The van der Waals surface area contributed by atoms with Crippen LogP contribution in [0.15, 0.2) is 24.3 Å². The van der Waals surface area contributed by atoms with E-state index in [4.69, 9.17) is 0 Å². The summed E-state index contributed by atoms with van der Waals surface area (Å²) in [5.41, 5.74) is 2.75. The van der Waals surface area contributed by atoms with Gasteiger partial charge in [0.1, 0.15) is 0 Å². The molecule has 2 saturated heterocycles. The first kappa shape index (κ1) is 13.9. The maximum Gasteiger partial charge on any atom is 0.0368 e. The minimum Gasteiger partial charge on any atom is -0.372 e. The van der Waals surface area contributed by atoms with E-state index in [2.05, 4.69) is 48.3 Å². The van der Waals surface area contributed by atoms with E-state index in [0.29, 0.717) is 0 Å². The van der Waals surface area contributed by atoms with E-state index >= 15 is 0 Å². The normalized spacial score (nSPS) is 28.6. The summed E-state index contributed by atoms with van der Waals surface area (Å²) in [6, 6.07) is 10.6. The van der Waals surface area contributed by atoms with Crippen molar-refractivity contribution in [2.75, 3.05) is 18.0 Å². The lowest BCUT2D eigenvalue weighted by molar-refractivity contribution is 0.287. The molecule has 2 atom stereocenters. The lowest BCUT2D eigenvalue weighted by Gasteiger charge is -2.31. The number of hydrogen-bond acceptors (Lipinski definition) is 2. The first-order valence-corrected chi connectivity index (χ1v) is 8.32. The molecule has 2 aliphatic rings. The van der Waals surface area contributed by atoms with Crippen LogP contribution in [-0.2, 0) is 0 Å². The molecule has 2 fully saturated rings. The molecule has 1 aromatic rings. The highest BCUT2D eigenvalue weighted by atomic mass is 15.1. The van der Waals surface area contributed by atoms with Gasteiger partial charge in [-0.2, -0.15) is 0 Å². The van der Waals surface area contributed by atoms with Crippen LogP contribution < -0.4 is 10.2 Å². The zero-order valence-electron chi connectivity index (χ0n) is 12.9. The van der Waals surface area contributed by atoms with Crippen LogP contribution in [0.4, 0.5) is 5.69 Å². The number of nitrogens with one attached hydrogen (secondary N) is 1. The molecule has 2 aliphatic heterocycles. The summed E-state index contributed by atoms with van der Waals surface area (Å²) < 4.78 is 0. The van der Waals surface area contributed by atoms with Crippen molar-refractivity contribution < 1.29 is 0 Å². The smallest absolute Gasteiger partial charge is 0.0368 e. The van der Waals surface area contributed by atoms with Crippen LogP contribution in [0.3, 0.4) is 0 Å². The zero-order valence-corrected chi connectivity index (χ0v) is 12.9. The molecule has 110 valence electrons. The molecule has 20 heavy (non-hydrogen) atoms. The third kappa shape index (κ3) is 3.17. The van der Waals surface area contributed by atoms with Crippen LogP contribution >= 0.6 is 0 Å². The molecule has 0 spiro atoms. The average Bonchev–Trinajstić information content (AvgIpc) is 2.79. The van der Waals surface area contributed by atoms with Crippen molar-refractivity contribution in [1.82, 2.24) is 5.32 Å². The Morgan fingerprint density at radius 2 is 1.95 bits per heavy atom. The molecule has 0 radical (unpaired) electrons. The Morgan fingerprint density at radius 1 is 1.20 bits per heavy atom. The lowest BCUT2D eigenvalue weighted by Crippen LogP contribution is -2.39. The summed E-state index contributed by atoms with van der Waals surface area (Å²) >= 11 is 0. The standard InChI is InChI=1S/C18H28N2/c1-3-20(18-6-4-5-14(2)11-18)10-9-15-12-16-7-8-17(13-15)19-16/h4-6,11,15-17,19H,3,7-10,12-13H2,1-2H3. The van der Waals surface area contributed by atoms with Gasteiger partial charge in [-0.15, -0.1) is 0 Å². The fourth-order valence-corrected chi connectivity index (χ4v) is 4.04. The molecule has 2 heterocycles. The number of piperidine rings is 1. The van der Waals surface area contributed by atoms with Crippen LogP contribution in [0.5, 0.6) is 0 Å². The molecule has 2 bridgehead atoms. The predicted molar refractivity (Wildman–Crippen MR) is 86.4 cm³/mol. The number of benzene rings is 1. The van der Waals surface area contributed by atoms with Crippen LogP contribution in [0.25, 0.3) is 0 Å². The second-order valence-electron chi connectivity index (χ2n) is 6.68. The summed E-state index contributed by atoms with van der Waals surface area (Å²) in [5, 5.41) is 3.75. The number of rotatable bonds is 5. The van der Waals surface area contributed by atoms with E-state index in [0.717, 1.165) is 24.5 Å². The third-order valence-electron chi connectivity index (χ3n) is 5.13. The second kappa shape index (κ2) is 6.17. The molecule has 1 aromatic carbocycles. The Bertz CT molecular complexity index is 431. The Hall–Kier alpha value is -1.02. The number of aryl methyl sites for hydroxylation is 1. The van der Waals surface area contributed by atoms with Crippen molar-refractivity contribution in [3.63, 3.8) is 0 Å². The van der Waals surface area contributed by atoms with Gasteiger partial charge < -0.3 is 10.2 Å². The quantitative estimate of drug-likeness (QED) is 0.878. The highest BCUT2D eigenvalue weighted by Crippen LogP contribution is 2.33. The first-order valence-electron chi connectivity index (χ1n) is 8.32. The van der Waals surface area contributed by atoms with Gasteiger partial charge in [-0.25, -0.2) is 0 Å². The van der Waals surface area contributed by atoms with E-state index < -0.39 is 0 Å². The molecular formula is C18H28N2. The van der Waals surface area contributed by atoms with E-state index in [9.17, 15) is 0 Å². The topological polar surface area (TPSA) is 15.3 Å². The molecule has 2 nitrogen and oxygen atoms in total. The molecule has 2 unspecified atom stereocenters. The maximum absolute atomic E-state index is 3.75. The van der Waals surface area contributed by atoms with Gasteiger partial charge in [0.05, 0.1) is 0 Å². The molecular weight excluding hydrogens is 244 g/mol. The minimum absolute atomic E-state index is 0.827. The van der Waals surface area contributed by atoms with E-state index in [1.807, 2.05) is 0 Å². The van der Waals surface area contributed by atoms with Gasteiger partial charge in [-0.3, -0.25) is 0 Å². The number of nitrogens with zero attached hydrogens (tertiary/aromatic N) is 1. The molecule has 1 N–H and O–H groups in total. The van der Waals surface area contributed by atoms with Crippen molar-refractivity contribution >= 4 is 5.69 Å². The predicted octanol–water partition coefficient (Wildman–Crippen LogP) is 3.74. The van der Waals surface area contributed by atoms with Gasteiger partial charge in [-0.05, 0) is 69.6 Å². The Morgan fingerprint density at radius 3 is 2.60 bits per heavy atom. The molecule has 0 aliphatic carbocycles. The van der Waals surface area contributed by atoms with Crippen LogP contribution in [0.1, 0.15) is 44.6 Å². The molecule has 2 heteroatoms. The summed E-state index contributed by atoms with van der Waals surface area (Å²) in [4.78, 5) is 2.54. The highest BCUT2D eigenvalue weighted by molar-refractivity contribution is 5.48. The SMILES string of the molecule is CCN(CCC1CC2CCC(C1)N2)c1cccc(C)c1. The van der Waals surface area contributed by atoms with Gasteiger partial charge in [0.15, 0.2) is 0 Å². The largest absolute Gasteiger partial charge is 0.372 e. The third-order valence-corrected chi connectivity index (χ3v) is 5.13. The summed E-state index contributed by atoms with van der Waals surface area (Å²) in [5.74, 6) is 0.938.